The van der Waals surface area contributed by atoms with Gasteiger partial charge in [-0.05, 0) is 36.4 Å². The minimum Gasteiger partial charge on any atom is -0.351 e. The number of amides is 1. The van der Waals surface area contributed by atoms with Gasteiger partial charge in [0.25, 0.3) is 0 Å². The van der Waals surface area contributed by atoms with Crippen LogP contribution in [0.3, 0.4) is 0 Å². The quantitative estimate of drug-likeness (QED) is 0.681. The number of rotatable bonds is 7. The van der Waals surface area contributed by atoms with Crippen molar-refractivity contribution in [2.45, 2.75) is 26.1 Å². The van der Waals surface area contributed by atoms with Crippen LogP contribution in [0.2, 0.25) is 0 Å². The first kappa shape index (κ1) is 17.8. The molecular weight excluding hydrogens is 328 g/mol. The Morgan fingerprint density at radius 1 is 1.15 bits per heavy atom. The second-order valence-electron chi connectivity index (χ2n) is 6.23. The van der Waals surface area contributed by atoms with Crippen molar-refractivity contribution in [3.05, 3.63) is 65.7 Å². The van der Waals surface area contributed by atoms with Gasteiger partial charge >= 0.3 is 0 Å². The fourth-order valence-electron chi connectivity index (χ4n) is 2.65. The van der Waals surface area contributed by atoms with Crippen molar-refractivity contribution in [2.24, 2.45) is 0 Å². The van der Waals surface area contributed by atoms with Crippen LogP contribution in [0.25, 0.3) is 11.4 Å². The molecule has 7 nitrogen and oxygen atoms in total. The molecule has 0 aliphatic heterocycles. The number of likely N-dealkylation sites (N-methyl/N-ethyl adjacent to an activating group) is 1. The molecule has 3 aromatic rings. The SMILES string of the molecule is CC(C(=O)NCc1ccccc1)N(C)Cc1cccc(-c2nn[nH]n2)c1. The van der Waals surface area contributed by atoms with E-state index in [0.29, 0.717) is 18.9 Å². The smallest absolute Gasteiger partial charge is 0.237 e. The lowest BCUT2D eigenvalue weighted by molar-refractivity contribution is -0.125. The van der Waals surface area contributed by atoms with Crippen molar-refractivity contribution in [1.29, 1.82) is 0 Å². The maximum absolute atomic E-state index is 12.4. The van der Waals surface area contributed by atoms with E-state index >= 15 is 0 Å². The summed E-state index contributed by atoms with van der Waals surface area (Å²) in [4.78, 5) is 14.4. The third-order valence-corrected chi connectivity index (χ3v) is 4.31. The normalized spacial score (nSPS) is 12.1. The number of benzene rings is 2. The van der Waals surface area contributed by atoms with Crippen molar-refractivity contribution in [1.82, 2.24) is 30.8 Å². The minimum absolute atomic E-state index is 0.00526. The predicted molar refractivity (Wildman–Crippen MR) is 98.8 cm³/mol. The first-order valence-corrected chi connectivity index (χ1v) is 8.48. The molecule has 0 fully saturated rings. The highest BCUT2D eigenvalue weighted by atomic mass is 16.2. The fraction of sp³-hybridized carbons (Fsp3) is 0.263. The Kier molecular flexibility index (Phi) is 5.70. The molecule has 0 aliphatic rings. The number of hydrogen-bond donors (Lipinski definition) is 2. The zero-order chi connectivity index (χ0) is 18.4. The second kappa shape index (κ2) is 8.35. The Labute approximate surface area is 152 Å². The summed E-state index contributed by atoms with van der Waals surface area (Å²) < 4.78 is 0. The number of carbonyl (C=O) groups is 1. The van der Waals surface area contributed by atoms with Crippen LogP contribution in [-0.4, -0.2) is 44.5 Å². The van der Waals surface area contributed by atoms with Crippen LogP contribution in [0, 0.1) is 0 Å². The largest absolute Gasteiger partial charge is 0.351 e. The third-order valence-electron chi connectivity index (χ3n) is 4.31. The molecule has 0 spiro atoms. The van der Waals surface area contributed by atoms with Crippen LogP contribution >= 0.6 is 0 Å². The molecule has 1 heterocycles. The van der Waals surface area contributed by atoms with E-state index in [1.54, 1.807) is 0 Å². The summed E-state index contributed by atoms with van der Waals surface area (Å²) in [7, 11) is 1.94. The molecule has 1 aromatic heterocycles. The van der Waals surface area contributed by atoms with Crippen LogP contribution in [-0.2, 0) is 17.9 Å². The van der Waals surface area contributed by atoms with Crippen molar-refractivity contribution < 1.29 is 4.79 Å². The van der Waals surface area contributed by atoms with Gasteiger partial charge in [-0.3, -0.25) is 9.69 Å². The van der Waals surface area contributed by atoms with Gasteiger partial charge in [-0.15, -0.1) is 10.2 Å². The fourth-order valence-corrected chi connectivity index (χ4v) is 2.65. The van der Waals surface area contributed by atoms with Crippen LogP contribution < -0.4 is 5.32 Å². The van der Waals surface area contributed by atoms with E-state index in [1.807, 2.05) is 73.5 Å². The van der Waals surface area contributed by atoms with E-state index in [0.717, 1.165) is 16.7 Å². The Balaban J connectivity index is 1.57. The number of carbonyl (C=O) groups excluding carboxylic acids is 1. The molecule has 1 atom stereocenters. The Morgan fingerprint density at radius 3 is 2.65 bits per heavy atom. The molecule has 0 saturated carbocycles. The maximum Gasteiger partial charge on any atom is 0.237 e. The molecule has 1 amide bonds. The molecule has 0 radical (unpaired) electrons. The van der Waals surface area contributed by atoms with E-state index in [2.05, 4.69) is 25.9 Å². The van der Waals surface area contributed by atoms with Gasteiger partial charge in [0.15, 0.2) is 0 Å². The highest BCUT2D eigenvalue weighted by molar-refractivity contribution is 5.81. The second-order valence-corrected chi connectivity index (χ2v) is 6.23. The minimum atomic E-state index is -0.243. The van der Waals surface area contributed by atoms with E-state index < -0.39 is 0 Å². The summed E-state index contributed by atoms with van der Waals surface area (Å²) in [6.45, 7) is 3.08. The Morgan fingerprint density at radius 2 is 1.92 bits per heavy atom. The summed E-state index contributed by atoms with van der Waals surface area (Å²) in [5.74, 6) is 0.564. The number of nitrogens with zero attached hydrogens (tertiary/aromatic N) is 4. The summed E-state index contributed by atoms with van der Waals surface area (Å²) >= 11 is 0. The molecule has 134 valence electrons. The van der Waals surface area contributed by atoms with Gasteiger partial charge in [0.1, 0.15) is 0 Å². The Bertz CT molecular complexity index is 834. The van der Waals surface area contributed by atoms with Gasteiger partial charge in [0.05, 0.1) is 6.04 Å². The number of aromatic amines is 1. The Hall–Kier alpha value is -3.06. The highest BCUT2D eigenvalue weighted by Crippen LogP contribution is 2.16. The van der Waals surface area contributed by atoms with Gasteiger partial charge in [0, 0.05) is 18.7 Å². The van der Waals surface area contributed by atoms with Gasteiger partial charge < -0.3 is 5.32 Å². The molecule has 2 N–H and O–H groups in total. The number of H-pyrrole nitrogens is 1. The molecule has 3 rings (SSSR count). The van der Waals surface area contributed by atoms with Crippen LogP contribution in [0.1, 0.15) is 18.1 Å². The molecule has 0 aliphatic carbocycles. The van der Waals surface area contributed by atoms with Gasteiger partial charge in [0.2, 0.25) is 11.7 Å². The summed E-state index contributed by atoms with van der Waals surface area (Å²) in [5.41, 5.74) is 3.06. The molecular formula is C19H22N6O. The lowest BCUT2D eigenvalue weighted by atomic mass is 10.1. The van der Waals surface area contributed by atoms with Crippen LogP contribution in [0.5, 0.6) is 0 Å². The van der Waals surface area contributed by atoms with Gasteiger partial charge in [-0.1, -0.05) is 48.5 Å². The van der Waals surface area contributed by atoms with E-state index in [-0.39, 0.29) is 11.9 Å². The zero-order valence-corrected chi connectivity index (χ0v) is 14.9. The highest BCUT2D eigenvalue weighted by Gasteiger charge is 2.18. The first-order chi connectivity index (χ1) is 12.6. The van der Waals surface area contributed by atoms with Crippen molar-refractivity contribution in [3.8, 4) is 11.4 Å². The van der Waals surface area contributed by atoms with Crippen LogP contribution in [0.4, 0.5) is 0 Å². The molecule has 26 heavy (non-hydrogen) atoms. The molecule has 0 bridgehead atoms. The molecule has 2 aromatic carbocycles. The zero-order valence-electron chi connectivity index (χ0n) is 14.9. The topological polar surface area (TPSA) is 86.8 Å². The number of tetrazole rings is 1. The lowest BCUT2D eigenvalue weighted by Gasteiger charge is -2.24. The van der Waals surface area contributed by atoms with E-state index in [4.69, 9.17) is 0 Å². The maximum atomic E-state index is 12.4. The molecule has 1 unspecified atom stereocenters. The van der Waals surface area contributed by atoms with Gasteiger partial charge in [-0.2, -0.15) is 5.21 Å². The third kappa shape index (κ3) is 4.52. The predicted octanol–water partition coefficient (Wildman–Crippen LogP) is 2.00. The standard InChI is InChI=1S/C19H22N6O/c1-14(19(26)20-12-15-7-4-3-5-8-15)25(2)13-16-9-6-10-17(11-16)18-21-23-24-22-18/h3-11,14H,12-13H2,1-2H3,(H,20,26)(H,21,22,23,24). The van der Waals surface area contributed by atoms with Crippen molar-refractivity contribution in [2.75, 3.05) is 7.05 Å². The van der Waals surface area contributed by atoms with Gasteiger partial charge in [-0.25, -0.2) is 0 Å². The van der Waals surface area contributed by atoms with Crippen LogP contribution in [0.15, 0.2) is 54.6 Å². The average Bonchev–Trinajstić information content (AvgIpc) is 3.21. The number of aromatic nitrogens is 4. The molecule has 7 heteroatoms. The molecule has 0 saturated heterocycles. The average molecular weight is 350 g/mol. The number of nitrogens with one attached hydrogen (secondary N) is 2. The number of hydrogen-bond acceptors (Lipinski definition) is 5. The first-order valence-electron chi connectivity index (χ1n) is 8.48. The van der Waals surface area contributed by atoms with Crippen molar-refractivity contribution in [3.63, 3.8) is 0 Å². The lowest BCUT2D eigenvalue weighted by Crippen LogP contribution is -2.42. The van der Waals surface area contributed by atoms with E-state index in [1.165, 1.54) is 0 Å². The van der Waals surface area contributed by atoms with Crippen molar-refractivity contribution >= 4 is 5.91 Å². The summed E-state index contributed by atoms with van der Waals surface area (Å²) in [6, 6.07) is 17.6. The summed E-state index contributed by atoms with van der Waals surface area (Å²) in [6.07, 6.45) is 0. The summed E-state index contributed by atoms with van der Waals surface area (Å²) in [5, 5.41) is 17.0. The van der Waals surface area contributed by atoms with E-state index in [9.17, 15) is 4.79 Å². The monoisotopic (exact) mass is 350 g/mol.